The molecule has 0 spiro atoms. The van der Waals surface area contributed by atoms with E-state index in [9.17, 15) is 19.2 Å². The second-order valence-electron chi connectivity index (χ2n) is 6.21. The molecule has 1 aliphatic heterocycles. The Balaban J connectivity index is 1.79. The number of rotatable bonds is 18. The Morgan fingerprint density at radius 1 is 0.871 bits per heavy atom. The van der Waals surface area contributed by atoms with Crippen molar-refractivity contribution in [3.63, 3.8) is 0 Å². The molecule has 0 aromatic carbocycles. The summed E-state index contributed by atoms with van der Waals surface area (Å²) in [5, 5.41) is 2.74. The maximum atomic E-state index is 11.7. The van der Waals surface area contributed by atoms with Crippen LogP contribution >= 0.6 is 0 Å². The van der Waals surface area contributed by atoms with Crippen LogP contribution in [0.4, 0.5) is 4.79 Å². The van der Waals surface area contributed by atoms with Crippen molar-refractivity contribution in [3.8, 4) is 0 Å². The summed E-state index contributed by atoms with van der Waals surface area (Å²) in [6.45, 7) is 2.92. The van der Waals surface area contributed by atoms with Crippen molar-refractivity contribution >= 4 is 23.8 Å². The number of nitrogens with two attached hydrogens (primary N) is 1. The van der Waals surface area contributed by atoms with Gasteiger partial charge in [0.2, 0.25) is 5.91 Å². The number of imide groups is 1. The molecule has 13 heteroatoms. The van der Waals surface area contributed by atoms with Gasteiger partial charge in [0.15, 0.2) is 0 Å². The molecule has 0 atom stereocenters. The number of nitrogens with one attached hydrogen (secondary N) is 3. The monoisotopic (exact) mass is 445 g/mol. The number of carbonyl (C=O) groups is 4. The molecule has 0 saturated carbocycles. The standard InChI is InChI=1S/C18H31N5O8/c19-22-21-18(27)31-14-13-30-12-11-29-10-9-28-8-6-20-15(24)3-1-2-7-23-16(25)4-5-17(23)26/h4-5,22H,1-3,6-14,19H2,(H,20,24)(H,21,27). The van der Waals surface area contributed by atoms with E-state index in [0.717, 1.165) is 4.90 Å². The minimum atomic E-state index is -0.693. The number of unbranched alkanes of at least 4 members (excludes halogenated alkanes) is 1. The average molecular weight is 445 g/mol. The number of hydrogen-bond acceptors (Lipinski definition) is 10. The highest BCUT2D eigenvalue weighted by atomic mass is 16.6. The molecule has 0 radical (unpaired) electrons. The maximum absolute atomic E-state index is 11.7. The summed E-state index contributed by atoms with van der Waals surface area (Å²) >= 11 is 0. The Bertz CT molecular complexity index is 583. The molecule has 0 aromatic heterocycles. The summed E-state index contributed by atoms with van der Waals surface area (Å²) in [5.74, 6) is 4.16. The van der Waals surface area contributed by atoms with Crippen LogP contribution in [0.2, 0.25) is 0 Å². The van der Waals surface area contributed by atoms with E-state index < -0.39 is 6.09 Å². The van der Waals surface area contributed by atoms with Crippen molar-refractivity contribution in [2.24, 2.45) is 5.84 Å². The summed E-state index contributed by atoms with van der Waals surface area (Å²) in [6.07, 6.45) is 3.30. The molecule has 13 nitrogen and oxygen atoms in total. The predicted molar refractivity (Wildman–Crippen MR) is 107 cm³/mol. The minimum Gasteiger partial charge on any atom is -0.446 e. The SMILES string of the molecule is NNNC(=O)OCCOCCOCCOCCNC(=O)CCCCN1C(=O)C=CC1=O. The van der Waals surface area contributed by atoms with Gasteiger partial charge in [-0.15, -0.1) is 0 Å². The van der Waals surface area contributed by atoms with Crippen LogP contribution < -0.4 is 22.1 Å². The number of carbonyl (C=O) groups excluding carboxylic acids is 4. The number of amides is 4. The van der Waals surface area contributed by atoms with Crippen molar-refractivity contribution in [3.05, 3.63) is 12.2 Å². The fraction of sp³-hybridized carbons (Fsp3) is 0.667. The third kappa shape index (κ3) is 13.4. The predicted octanol–water partition coefficient (Wildman–Crippen LogP) is -1.65. The van der Waals surface area contributed by atoms with Gasteiger partial charge >= 0.3 is 6.09 Å². The lowest BCUT2D eigenvalue weighted by Crippen LogP contribution is -2.42. The molecule has 0 aromatic rings. The second-order valence-corrected chi connectivity index (χ2v) is 6.21. The Hall–Kier alpha value is -2.58. The Morgan fingerprint density at radius 3 is 2.06 bits per heavy atom. The summed E-state index contributed by atoms with van der Waals surface area (Å²) in [5.41, 5.74) is 3.99. The van der Waals surface area contributed by atoms with Gasteiger partial charge in [0.1, 0.15) is 6.61 Å². The van der Waals surface area contributed by atoms with Crippen molar-refractivity contribution in [1.82, 2.24) is 21.2 Å². The zero-order valence-corrected chi connectivity index (χ0v) is 17.4. The first-order valence-corrected chi connectivity index (χ1v) is 9.96. The van der Waals surface area contributed by atoms with Crippen LogP contribution in [0.5, 0.6) is 0 Å². The Labute approximate surface area is 180 Å². The first kappa shape index (κ1) is 26.5. The van der Waals surface area contributed by atoms with Crippen molar-refractivity contribution in [2.45, 2.75) is 19.3 Å². The van der Waals surface area contributed by atoms with Gasteiger partial charge in [-0.25, -0.2) is 10.2 Å². The summed E-state index contributed by atoms with van der Waals surface area (Å²) in [4.78, 5) is 46.5. The molecular weight excluding hydrogens is 414 g/mol. The molecule has 0 fully saturated rings. The topological polar surface area (TPSA) is 171 Å². The van der Waals surface area contributed by atoms with E-state index >= 15 is 0 Å². The summed E-state index contributed by atoms with van der Waals surface area (Å²) in [7, 11) is 0. The fourth-order valence-corrected chi connectivity index (χ4v) is 2.39. The van der Waals surface area contributed by atoms with Crippen LogP contribution in [0.15, 0.2) is 12.2 Å². The van der Waals surface area contributed by atoms with Crippen LogP contribution in [0.3, 0.4) is 0 Å². The van der Waals surface area contributed by atoms with Gasteiger partial charge in [0.05, 0.1) is 39.6 Å². The molecule has 31 heavy (non-hydrogen) atoms. The van der Waals surface area contributed by atoms with Gasteiger partial charge < -0.3 is 24.3 Å². The van der Waals surface area contributed by atoms with Gasteiger partial charge in [-0.1, -0.05) is 0 Å². The lowest BCUT2D eigenvalue weighted by Gasteiger charge is -2.13. The van der Waals surface area contributed by atoms with E-state index in [1.54, 1.807) is 0 Å². The fourth-order valence-electron chi connectivity index (χ4n) is 2.39. The van der Waals surface area contributed by atoms with Gasteiger partial charge in [-0.2, -0.15) is 5.53 Å². The zero-order valence-electron chi connectivity index (χ0n) is 17.4. The lowest BCUT2D eigenvalue weighted by atomic mass is 10.2. The Morgan fingerprint density at radius 2 is 1.45 bits per heavy atom. The molecule has 1 aliphatic rings. The number of ether oxygens (including phenoxy) is 4. The highest BCUT2D eigenvalue weighted by molar-refractivity contribution is 6.12. The third-order valence-electron chi connectivity index (χ3n) is 3.88. The molecule has 176 valence electrons. The van der Waals surface area contributed by atoms with E-state index in [1.165, 1.54) is 12.2 Å². The van der Waals surface area contributed by atoms with E-state index in [0.29, 0.717) is 65.4 Å². The zero-order chi connectivity index (χ0) is 22.7. The number of hydrogen-bond donors (Lipinski definition) is 4. The van der Waals surface area contributed by atoms with Crippen molar-refractivity contribution in [2.75, 3.05) is 59.3 Å². The number of nitrogens with zero attached hydrogens (tertiary/aromatic N) is 1. The molecule has 1 rings (SSSR count). The van der Waals surface area contributed by atoms with Crippen LogP contribution in [0, 0.1) is 0 Å². The largest absolute Gasteiger partial charge is 0.446 e. The molecule has 4 amide bonds. The molecule has 0 bridgehead atoms. The van der Waals surface area contributed by atoms with Crippen LogP contribution in [0.25, 0.3) is 0 Å². The average Bonchev–Trinajstić information content (AvgIpc) is 3.06. The second kappa shape index (κ2) is 17.1. The molecule has 5 N–H and O–H groups in total. The third-order valence-corrected chi connectivity index (χ3v) is 3.88. The van der Waals surface area contributed by atoms with E-state index in [4.69, 9.17) is 24.8 Å². The lowest BCUT2D eigenvalue weighted by molar-refractivity contribution is -0.136. The van der Waals surface area contributed by atoms with Crippen LogP contribution in [-0.4, -0.2) is 88.1 Å². The van der Waals surface area contributed by atoms with Crippen LogP contribution in [-0.2, 0) is 33.3 Å². The Kier molecular flexibility index (Phi) is 14.6. The summed E-state index contributed by atoms with van der Waals surface area (Å²) in [6, 6.07) is 0. The van der Waals surface area contributed by atoms with E-state index in [2.05, 4.69) is 5.32 Å². The van der Waals surface area contributed by atoms with Gasteiger partial charge in [0.25, 0.3) is 11.8 Å². The molecule has 1 heterocycles. The smallest absolute Gasteiger partial charge is 0.422 e. The molecule has 0 aliphatic carbocycles. The first-order chi connectivity index (χ1) is 15.0. The van der Waals surface area contributed by atoms with Crippen LogP contribution in [0.1, 0.15) is 19.3 Å². The highest BCUT2D eigenvalue weighted by Gasteiger charge is 2.22. The highest BCUT2D eigenvalue weighted by Crippen LogP contribution is 2.06. The molecular formula is C18H31N5O8. The normalized spacial score (nSPS) is 13.0. The first-order valence-electron chi connectivity index (χ1n) is 9.96. The maximum Gasteiger partial charge on any atom is 0.422 e. The van der Waals surface area contributed by atoms with Gasteiger partial charge in [-0.05, 0) is 12.8 Å². The number of hydrazine groups is 2. The van der Waals surface area contributed by atoms with Gasteiger partial charge in [-0.3, -0.25) is 25.1 Å². The van der Waals surface area contributed by atoms with E-state index in [-0.39, 0.29) is 30.9 Å². The van der Waals surface area contributed by atoms with Gasteiger partial charge in [0, 0.05) is 31.7 Å². The summed E-state index contributed by atoms with van der Waals surface area (Å²) < 4.78 is 20.6. The van der Waals surface area contributed by atoms with E-state index in [1.807, 2.05) is 11.0 Å². The molecule has 0 unspecified atom stereocenters. The van der Waals surface area contributed by atoms with Crippen molar-refractivity contribution < 1.29 is 38.1 Å². The minimum absolute atomic E-state index is 0.0949. The quantitative estimate of drug-likeness (QED) is 0.0829. The molecule has 0 saturated heterocycles. The van der Waals surface area contributed by atoms with Crippen molar-refractivity contribution in [1.29, 1.82) is 0 Å².